The summed E-state index contributed by atoms with van der Waals surface area (Å²) in [5.74, 6) is 0. The number of fused-ring (bicyclic) bond motifs is 1. The number of carbonyl (C=O) groups excluding carboxylic acids is 1. The van der Waals surface area contributed by atoms with Gasteiger partial charge in [-0.15, -0.1) is 0 Å². The van der Waals surface area contributed by atoms with Gasteiger partial charge in [-0.3, -0.25) is 5.32 Å². The van der Waals surface area contributed by atoms with E-state index >= 15 is 0 Å². The van der Waals surface area contributed by atoms with E-state index in [1.807, 2.05) is 0 Å². The Morgan fingerprint density at radius 2 is 2.06 bits per heavy atom. The fraction of sp³-hybridized carbons (Fsp3) is 0.200. The Kier molecular flexibility index (Phi) is 3.19. The molecule has 0 aliphatic carbocycles. The molecule has 6 nitrogen and oxygen atoms in total. The first-order valence-electron chi connectivity index (χ1n) is 4.95. The van der Waals surface area contributed by atoms with E-state index in [0.29, 0.717) is 27.8 Å². The number of rotatable bonds is 2. The van der Waals surface area contributed by atoms with Crippen LogP contribution in [0, 0.1) is 0 Å². The fourth-order valence-corrected chi connectivity index (χ4v) is 1.87. The topological polar surface area (TPSA) is 87.0 Å². The number of ether oxygens (including phenoxy) is 1. The minimum atomic E-state index is -0.537. The highest BCUT2D eigenvalue weighted by molar-refractivity contribution is 9.10. The average molecular weight is 300 g/mol. The molecule has 0 bridgehead atoms. The fourth-order valence-electron chi connectivity index (χ4n) is 1.43. The first-order chi connectivity index (χ1) is 8.10. The second-order valence-corrected chi connectivity index (χ2v) is 4.16. The molecule has 0 aliphatic heterocycles. The van der Waals surface area contributed by atoms with E-state index in [9.17, 15) is 9.59 Å². The van der Waals surface area contributed by atoms with Gasteiger partial charge in [0, 0.05) is 4.47 Å². The van der Waals surface area contributed by atoms with Crippen LogP contribution in [0.4, 0.5) is 10.5 Å². The zero-order valence-electron chi connectivity index (χ0n) is 8.96. The maximum absolute atomic E-state index is 11.3. The smallest absolute Gasteiger partial charge is 0.411 e. The minimum absolute atomic E-state index is 0.291. The van der Waals surface area contributed by atoms with Crippen molar-refractivity contribution in [3.63, 3.8) is 0 Å². The normalized spacial score (nSPS) is 10.5. The second kappa shape index (κ2) is 4.62. The Bertz CT molecular complexity index is 617. The zero-order valence-corrected chi connectivity index (χ0v) is 10.6. The average Bonchev–Trinajstić information content (AvgIpc) is 2.58. The largest absolute Gasteiger partial charge is 0.450 e. The maximum atomic E-state index is 11.3. The lowest BCUT2D eigenvalue weighted by Gasteiger charge is -2.07. The molecule has 7 heteroatoms. The number of H-pyrrole nitrogens is 2. The van der Waals surface area contributed by atoms with Crippen molar-refractivity contribution in [3.8, 4) is 0 Å². The summed E-state index contributed by atoms with van der Waals surface area (Å²) >= 11 is 3.30. The van der Waals surface area contributed by atoms with Gasteiger partial charge in [0.1, 0.15) is 0 Å². The van der Waals surface area contributed by atoms with Crippen LogP contribution in [0.1, 0.15) is 6.92 Å². The van der Waals surface area contributed by atoms with Crippen LogP contribution in [-0.4, -0.2) is 22.7 Å². The van der Waals surface area contributed by atoms with E-state index in [1.54, 1.807) is 19.1 Å². The van der Waals surface area contributed by atoms with Crippen LogP contribution >= 0.6 is 15.9 Å². The highest BCUT2D eigenvalue weighted by atomic mass is 79.9. The Morgan fingerprint density at radius 3 is 2.71 bits per heavy atom. The van der Waals surface area contributed by atoms with E-state index in [1.165, 1.54) is 0 Å². The van der Waals surface area contributed by atoms with Crippen molar-refractivity contribution in [2.45, 2.75) is 6.92 Å². The van der Waals surface area contributed by atoms with Gasteiger partial charge in [0.05, 0.1) is 23.3 Å². The summed E-state index contributed by atoms with van der Waals surface area (Å²) in [6, 6.07) is 3.35. The van der Waals surface area contributed by atoms with Crippen LogP contribution < -0.4 is 11.0 Å². The predicted molar refractivity (Wildman–Crippen MR) is 67.3 cm³/mol. The summed E-state index contributed by atoms with van der Waals surface area (Å²) in [5.41, 5.74) is 1.52. The number of imidazole rings is 1. The molecule has 1 heterocycles. The molecule has 0 fully saturated rings. The van der Waals surface area contributed by atoms with Crippen molar-refractivity contribution in [3.05, 3.63) is 27.1 Å². The quantitative estimate of drug-likeness (QED) is 0.794. The molecule has 0 unspecified atom stereocenters. The first kappa shape index (κ1) is 11.7. The predicted octanol–water partition coefficient (Wildman–Crippen LogP) is 2.19. The number of hydrogen-bond donors (Lipinski definition) is 3. The third kappa shape index (κ3) is 2.50. The Balaban J connectivity index is 2.36. The number of anilines is 1. The summed E-state index contributed by atoms with van der Waals surface area (Å²) < 4.78 is 5.43. The van der Waals surface area contributed by atoms with Crippen LogP contribution in [0.15, 0.2) is 21.4 Å². The van der Waals surface area contributed by atoms with Crippen LogP contribution in [0.25, 0.3) is 11.0 Å². The molecule has 0 atom stereocenters. The number of halogens is 1. The lowest BCUT2D eigenvalue weighted by molar-refractivity contribution is 0.168. The van der Waals surface area contributed by atoms with Crippen LogP contribution in [0.2, 0.25) is 0 Å². The SMILES string of the molecule is CCOC(=O)Nc1cc2[nH]c(=O)[nH]c2cc1Br. The van der Waals surface area contributed by atoms with Crippen LogP contribution in [0.5, 0.6) is 0 Å². The molecule has 1 aromatic heterocycles. The Morgan fingerprint density at radius 1 is 1.41 bits per heavy atom. The highest BCUT2D eigenvalue weighted by Crippen LogP contribution is 2.26. The van der Waals surface area contributed by atoms with Gasteiger partial charge < -0.3 is 14.7 Å². The van der Waals surface area contributed by atoms with Gasteiger partial charge in [-0.1, -0.05) is 0 Å². The summed E-state index contributed by atoms with van der Waals surface area (Å²) in [4.78, 5) is 27.6. The molecule has 0 aliphatic rings. The molecule has 17 heavy (non-hydrogen) atoms. The van der Waals surface area contributed by atoms with Gasteiger partial charge in [0.25, 0.3) is 0 Å². The number of nitrogens with one attached hydrogen (secondary N) is 3. The summed E-state index contributed by atoms with van der Waals surface area (Å²) in [7, 11) is 0. The van der Waals surface area contributed by atoms with Crippen molar-refractivity contribution in [2.75, 3.05) is 11.9 Å². The molecule has 1 aromatic carbocycles. The van der Waals surface area contributed by atoms with E-state index in [0.717, 1.165) is 0 Å². The molecular formula is C10H10BrN3O3. The van der Waals surface area contributed by atoms with Crippen molar-refractivity contribution in [1.29, 1.82) is 0 Å². The Labute approximate surface area is 104 Å². The molecule has 1 amide bonds. The minimum Gasteiger partial charge on any atom is -0.450 e. The summed E-state index contributed by atoms with van der Waals surface area (Å²) in [6.45, 7) is 2.02. The van der Waals surface area contributed by atoms with E-state index in [2.05, 4.69) is 31.2 Å². The van der Waals surface area contributed by atoms with E-state index < -0.39 is 6.09 Å². The van der Waals surface area contributed by atoms with Gasteiger partial charge in [-0.2, -0.15) is 0 Å². The lowest BCUT2D eigenvalue weighted by Crippen LogP contribution is -2.13. The van der Waals surface area contributed by atoms with Crippen molar-refractivity contribution < 1.29 is 9.53 Å². The Hall–Kier alpha value is -1.76. The summed E-state index contributed by atoms with van der Waals surface area (Å²) in [6.07, 6.45) is -0.537. The molecule has 2 aromatic rings. The molecule has 0 saturated carbocycles. The van der Waals surface area contributed by atoms with Gasteiger partial charge in [0.2, 0.25) is 0 Å². The summed E-state index contributed by atoms with van der Waals surface area (Å²) in [5, 5.41) is 2.57. The van der Waals surface area contributed by atoms with Gasteiger partial charge >= 0.3 is 11.8 Å². The standard InChI is InChI=1S/C10H10BrN3O3/c1-2-17-10(16)14-6-4-8-7(3-5(6)11)12-9(15)13-8/h3-4H,2H2,1H3,(H,14,16)(H2,12,13,15). The molecule has 0 spiro atoms. The number of aromatic amines is 2. The molecule has 2 rings (SSSR count). The number of carbonyl (C=O) groups is 1. The van der Waals surface area contributed by atoms with Crippen LogP contribution in [-0.2, 0) is 4.74 Å². The third-order valence-electron chi connectivity index (χ3n) is 2.12. The highest BCUT2D eigenvalue weighted by Gasteiger charge is 2.08. The van der Waals surface area contributed by atoms with E-state index in [4.69, 9.17) is 4.74 Å². The first-order valence-corrected chi connectivity index (χ1v) is 5.74. The van der Waals surface area contributed by atoms with Gasteiger partial charge in [0.15, 0.2) is 0 Å². The van der Waals surface area contributed by atoms with Gasteiger partial charge in [-0.25, -0.2) is 9.59 Å². The third-order valence-corrected chi connectivity index (χ3v) is 2.77. The maximum Gasteiger partial charge on any atom is 0.411 e. The van der Waals surface area contributed by atoms with Crippen LogP contribution in [0.3, 0.4) is 0 Å². The number of benzene rings is 1. The molecular weight excluding hydrogens is 290 g/mol. The van der Waals surface area contributed by atoms with Crippen molar-refractivity contribution in [2.24, 2.45) is 0 Å². The molecule has 0 saturated heterocycles. The number of amides is 1. The lowest BCUT2D eigenvalue weighted by atomic mass is 10.3. The van der Waals surface area contributed by atoms with E-state index in [-0.39, 0.29) is 5.69 Å². The monoisotopic (exact) mass is 299 g/mol. The molecule has 90 valence electrons. The van der Waals surface area contributed by atoms with Crippen molar-refractivity contribution >= 4 is 38.7 Å². The number of aromatic nitrogens is 2. The van der Waals surface area contributed by atoms with Crippen molar-refractivity contribution in [1.82, 2.24) is 9.97 Å². The zero-order chi connectivity index (χ0) is 12.4. The van der Waals surface area contributed by atoms with Gasteiger partial charge in [-0.05, 0) is 35.0 Å². The number of hydrogen-bond acceptors (Lipinski definition) is 3. The molecule has 0 radical (unpaired) electrons. The second-order valence-electron chi connectivity index (χ2n) is 3.30. The molecule has 3 N–H and O–H groups in total.